The third kappa shape index (κ3) is 3.71. The molecule has 1 aromatic rings. The molecule has 0 spiro atoms. The number of ether oxygens (including phenoxy) is 1. The number of hydrogen-bond donors (Lipinski definition) is 0. The van der Waals surface area contributed by atoms with Gasteiger partial charge in [0.25, 0.3) is 0 Å². The molecule has 2 fully saturated rings. The van der Waals surface area contributed by atoms with Gasteiger partial charge in [0.05, 0.1) is 32.1 Å². The number of hydrogen-bond acceptors (Lipinski definition) is 2. The van der Waals surface area contributed by atoms with E-state index in [1.54, 1.807) is 0 Å². The van der Waals surface area contributed by atoms with Gasteiger partial charge in [0, 0.05) is 25.7 Å². The molecule has 1 aromatic carbocycles. The maximum Gasteiger partial charge on any atom is 0.310 e. The Morgan fingerprint density at radius 1 is 1.07 bits per heavy atom. The fraction of sp³-hybridized carbons (Fsp3) is 0.625. The maximum absolute atomic E-state index is 12.8. The lowest BCUT2D eigenvalue weighted by atomic mass is 9.86. The molecule has 2 unspecified atom stereocenters. The van der Waals surface area contributed by atoms with Gasteiger partial charge in [-0.1, -0.05) is 35.9 Å². The second kappa shape index (κ2) is 7.79. The Morgan fingerprint density at radius 3 is 2.41 bits per heavy atom. The van der Waals surface area contributed by atoms with E-state index in [1.807, 2.05) is 0 Å². The van der Waals surface area contributed by atoms with Gasteiger partial charge >= 0.3 is 5.97 Å². The van der Waals surface area contributed by atoms with E-state index in [9.17, 15) is 4.79 Å². The summed E-state index contributed by atoms with van der Waals surface area (Å²) in [5, 5.41) is 0. The van der Waals surface area contributed by atoms with Crippen LogP contribution < -0.4 is 0 Å². The van der Waals surface area contributed by atoms with E-state index in [0.29, 0.717) is 18.5 Å². The summed E-state index contributed by atoms with van der Waals surface area (Å²) in [6, 6.07) is 11.9. The first-order chi connectivity index (χ1) is 13.1. The van der Waals surface area contributed by atoms with E-state index in [4.69, 9.17) is 4.74 Å². The molecule has 3 heteroatoms. The quantitative estimate of drug-likeness (QED) is 0.533. The molecule has 0 radical (unpaired) electrons. The Labute approximate surface area is 164 Å². The van der Waals surface area contributed by atoms with Gasteiger partial charge in [-0.25, -0.2) is 0 Å². The van der Waals surface area contributed by atoms with Gasteiger partial charge in [0.2, 0.25) is 0 Å². The van der Waals surface area contributed by atoms with Crippen LogP contribution in [0, 0.1) is 0 Å². The fourth-order valence-electron chi connectivity index (χ4n) is 5.86. The zero-order valence-electron chi connectivity index (χ0n) is 17.0. The number of esters is 1. The highest BCUT2D eigenvalue weighted by molar-refractivity contribution is 5.79. The van der Waals surface area contributed by atoms with Gasteiger partial charge in [-0.2, -0.15) is 0 Å². The third-order valence-corrected chi connectivity index (χ3v) is 7.61. The predicted molar refractivity (Wildman–Crippen MR) is 109 cm³/mol. The maximum atomic E-state index is 12.8. The molecular weight excluding hydrogens is 334 g/mol. The van der Waals surface area contributed by atoms with E-state index in [-0.39, 0.29) is 12.1 Å². The lowest BCUT2D eigenvalue weighted by Crippen LogP contribution is -2.58. The standard InChI is InChI=1S/C24H34NO2/c1-3-25(2)20-13-14-21(25)17-22(16-20)27-24(26)15-19-11-7-8-12-23(19)18-9-5-4-6-10-18/h4-6,9-10,20-22H,3,7-8,11-17H2,1-2H3/q+1. The van der Waals surface area contributed by atoms with Crippen molar-refractivity contribution in [1.82, 2.24) is 0 Å². The van der Waals surface area contributed by atoms with Crippen molar-refractivity contribution in [1.29, 1.82) is 0 Å². The molecule has 3 nitrogen and oxygen atoms in total. The Bertz CT molecular complexity index is 694. The van der Waals surface area contributed by atoms with Crippen molar-refractivity contribution in [2.45, 2.75) is 82.9 Å². The Morgan fingerprint density at radius 2 is 1.74 bits per heavy atom. The van der Waals surface area contributed by atoms with Crippen LogP contribution in [-0.4, -0.2) is 42.2 Å². The average molecular weight is 369 g/mol. The van der Waals surface area contributed by atoms with Gasteiger partial charge in [-0.05, 0) is 43.7 Å². The summed E-state index contributed by atoms with van der Waals surface area (Å²) in [6.07, 6.45) is 9.87. The molecule has 2 bridgehead atoms. The molecule has 0 saturated carbocycles. The zero-order valence-corrected chi connectivity index (χ0v) is 17.0. The van der Waals surface area contributed by atoms with Gasteiger partial charge in [0.1, 0.15) is 6.10 Å². The predicted octanol–water partition coefficient (Wildman–Crippen LogP) is 5.11. The summed E-state index contributed by atoms with van der Waals surface area (Å²) in [5.74, 6) is -0.00247. The zero-order chi connectivity index (χ0) is 18.9. The van der Waals surface area contributed by atoms with Crippen LogP contribution in [0.4, 0.5) is 0 Å². The smallest absolute Gasteiger partial charge is 0.310 e. The molecule has 2 heterocycles. The molecule has 0 amide bonds. The van der Waals surface area contributed by atoms with Crippen molar-refractivity contribution >= 4 is 11.5 Å². The van der Waals surface area contributed by atoms with Crippen molar-refractivity contribution in [2.24, 2.45) is 0 Å². The van der Waals surface area contributed by atoms with Crippen molar-refractivity contribution in [2.75, 3.05) is 13.6 Å². The molecule has 4 rings (SSSR count). The summed E-state index contributed by atoms with van der Waals surface area (Å²) < 4.78 is 7.21. The SMILES string of the molecule is CC[N+]1(C)C2CCC1CC(OC(=O)CC1=C(c3ccccc3)CCCC1)C2. The van der Waals surface area contributed by atoms with E-state index in [0.717, 1.165) is 25.7 Å². The van der Waals surface area contributed by atoms with Crippen LogP contribution in [0.15, 0.2) is 35.9 Å². The van der Waals surface area contributed by atoms with E-state index in [2.05, 4.69) is 44.3 Å². The second-order valence-electron chi connectivity index (χ2n) is 8.96. The minimum absolute atomic E-state index is 0.00247. The summed E-state index contributed by atoms with van der Waals surface area (Å²) in [5.41, 5.74) is 3.98. The van der Waals surface area contributed by atoms with Crippen LogP contribution in [0.25, 0.3) is 5.57 Å². The monoisotopic (exact) mass is 368 g/mol. The van der Waals surface area contributed by atoms with Gasteiger partial charge in [-0.15, -0.1) is 0 Å². The molecule has 0 N–H and O–H groups in total. The number of piperidine rings is 1. The number of nitrogens with zero attached hydrogens (tertiary/aromatic N) is 1. The Balaban J connectivity index is 1.41. The molecule has 2 saturated heterocycles. The van der Waals surface area contributed by atoms with Crippen LogP contribution in [0.3, 0.4) is 0 Å². The normalized spacial score (nSPS) is 33.2. The summed E-state index contributed by atoms with van der Waals surface area (Å²) in [7, 11) is 2.40. The topological polar surface area (TPSA) is 26.3 Å². The molecule has 146 valence electrons. The lowest BCUT2D eigenvalue weighted by molar-refractivity contribution is -0.947. The molecule has 27 heavy (non-hydrogen) atoms. The number of fused-ring (bicyclic) bond motifs is 2. The number of benzene rings is 1. The Hall–Kier alpha value is -1.61. The van der Waals surface area contributed by atoms with Gasteiger partial charge < -0.3 is 9.22 Å². The largest absolute Gasteiger partial charge is 0.462 e. The van der Waals surface area contributed by atoms with Crippen LogP contribution in [0.2, 0.25) is 0 Å². The average Bonchev–Trinajstić information content (AvgIpc) is 2.85. The van der Waals surface area contributed by atoms with E-state index in [1.165, 1.54) is 53.4 Å². The van der Waals surface area contributed by atoms with Crippen molar-refractivity contribution in [3.05, 3.63) is 41.5 Å². The van der Waals surface area contributed by atoms with Crippen molar-refractivity contribution in [3.63, 3.8) is 0 Å². The first-order valence-electron chi connectivity index (χ1n) is 10.9. The highest BCUT2D eigenvalue weighted by Crippen LogP contribution is 2.42. The van der Waals surface area contributed by atoms with Crippen molar-refractivity contribution in [3.8, 4) is 0 Å². The summed E-state index contributed by atoms with van der Waals surface area (Å²) in [4.78, 5) is 12.8. The molecular formula is C24H34NO2+. The number of rotatable bonds is 5. The second-order valence-corrected chi connectivity index (χ2v) is 8.96. The molecule has 0 aromatic heterocycles. The van der Waals surface area contributed by atoms with Gasteiger partial charge in [0.15, 0.2) is 0 Å². The molecule has 2 atom stereocenters. The van der Waals surface area contributed by atoms with Crippen LogP contribution in [0.1, 0.15) is 70.3 Å². The lowest BCUT2D eigenvalue weighted by Gasteiger charge is -2.46. The highest BCUT2D eigenvalue weighted by atomic mass is 16.5. The fourth-order valence-corrected chi connectivity index (χ4v) is 5.86. The Kier molecular flexibility index (Phi) is 5.41. The van der Waals surface area contributed by atoms with E-state index < -0.39 is 0 Å². The van der Waals surface area contributed by atoms with E-state index >= 15 is 0 Å². The molecule has 3 aliphatic rings. The van der Waals surface area contributed by atoms with Crippen LogP contribution >= 0.6 is 0 Å². The summed E-state index contributed by atoms with van der Waals surface area (Å²) >= 11 is 0. The summed E-state index contributed by atoms with van der Waals surface area (Å²) in [6.45, 7) is 3.50. The minimum atomic E-state index is -0.00247. The number of carbonyl (C=O) groups excluding carboxylic acids is 1. The number of quaternary nitrogens is 1. The van der Waals surface area contributed by atoms with Crippen molar-refractivity contribution < 1.29 is 14.0 Å². The highest BCUT2D eigenvalue weighted by Gasteiger charge is 2.51. The van der Waals surface area contributed by atoms with Gasteiger partial charge in [-0.3, -0.25) is 4.79 Å². The number of carbonyl (C=O) groups is 1. The number of allylic oxidation sites excluding steroid dienone is 1. The van der Waals surface area contributed by atoms with Crippen LogP contribution in [0.5, 0.6) is 0 Å². The molecule has 1 aliphatic carbocycles. The minimum Gasteiger partial charge on any atom is -0.462 e. The first-order valence-corrected chi connectivity index (χ1v) is 10.9. The first kappa shape index (κ1) is 18.7. The third-order valence-electron chi connectivity index (χ3n) is 7.61. The molecule has 2 aliphatic heterocycles. The van der Waals surface area contributed by atoms with Crippen LogP contribution in [-0.2, 0) is 9.53 Å².